The lowest BCUT2D eigenvalue weighted by atomic mass is 9.91. The zero-order valence-electron chi connectivity index (χ0n) is 16.1. The number of thiazole rings is 1. The fraction of sp³-hybridized carbons (Fsp3) is 0.182. The molecule has 7 nitrogen and oxygen atoms in total. The third kappa shape index (κ3) is 2.80. The maximum atomic E-state index is 13.1. The van der Waals surface area contributed by atoms with Crippen LogP contribution in [0.5, 0.6) is 0 Å². The van der Waals surface area contributed by atoms with Crippen molar-refractivity contribution in [3.63, 3.8) is 0 Å². The third-order valence-corrected chi connectivity index (χ3v) is 6.16. The van der Waals surface area contributed by atoms with Gasteiger partial charge in [0.15, 0.2) is 10.9 Å². The molecule has 0 aliphatic carbocycles. The van der Waals surface area contributed by atoms with Crippen molar-refractivity contribution in [2.75, 3.05) is 4.90 Å². The smallest absolute Gasteiger partial charge is 0.297 e. The summed E-state index contributed by atoms with van der Waals surface area (Å²) in [4.78, 5) is 44.9. The number of fused-ring (bicyclic) bond motifs is 1. The van der Waals surface area contributed by atoms with Crippen molar-refractivity contribution >= 4 is 44.2 Å². The lowest BCUT2D eigenvalue weighted by molar-refractivity contribution is -0.135. The monoisotopic (exact) mass is 420 g/mol. The first-order valence-electron chi connectivity index (χ1n) is 9.32. The number of nitrogens with zero attached hydrogens (tertiary/aromatic N) is 2. The van der Waals surface area contributed by atoms with Crippen LogP contribution in [0.1, 0.15) is 33.7 Å². The fourth-order valence-corrected chi connectivity index (χ4v) is 4.84. The van der Waals surface area contributed by atoms with Crippen LogP contribution in [0.25, 0.3) is 10.2 Å². The Morgan fingerprint density at radius 3 is 2.67 bits per heavy atom. The Labute approximate surface area is 174 Å². The lowest BCUT2D eigenvalue weighted by Gasteiger charge is -2.22. The zero-order chi connectivity index (χ0) is 21.0. The summed E-state index contributed by atoms with van der Waals surface area (Å²) in [5, 5.41) is 0.350. The number of carbonyl (C=O) groups is 3. The molecule has 1 saturated heterocycles. The van der Waals surface area contributed by atoms with Crippen molar-refractivity contribution in [2.45, 2.75) is 19.9 Å². The van der Waals surface area contributed by atoms with E-state index in [4.69, 9.17) is 8.83 Å². The van der Waals surface area contributed by atoms with Gasteiger partial charge in [0, 0.05) is 0 Å². The van der Waals surface area contributed by atoms with Crippen LogP contribution in [0.2, 0.25) is 0 Å². The molecule has 0 N–H and O–H groups in total. The number of Topliss-reactive ketones (excluding diaryl/α,β-unsaturated/α-hetero) is 2. The molecule has 4 aromatic rings. The Morgan fingerprint density at radius 1 is 1.13 bits per heavy atom. The van der Waals surface area contributed by atoms with Crippen LogP contribution in [0, 0.1) is 19.8 Å². The maximum absolute atomic E-state index is 13.1. The summed E-state index contributed by atoms with van der Waals surface area (Å²) in [6.07, 6.45) is 1.36. The van der Waals surface area contributed by atoms with Gasteiger partial charge in [0.2, 0.25) is 11.6 Å². The third-order valence-electron chi connectivity index (χ3n) is 5.14. The minimum atomic E-state index is -1.28. The minimum Gasteiger partial charge on any atom is -0.464 e. The number of furan rings is 2. The van der Waals surface area contributed by atoms with Gasteiger partial charge in [-0.25, -0.2) is 4.98 Å². The summed E-state index contributed by atoms with van der Waals surface area (Å²) in [6, 6.07) is 11.3. The molecule has 1 amide bonds. The molecular weight excluding hydrogens is 404 g/mol. The molecule has 1 aliphatic heterocycles. The molecule has 3 aromatic heterocycles. The van der Waals surface area contributed by atoms with Crippen molar-refractivity contribution in [3.05, 3.63) is 71.6 Å². The number of aromatic nitrogens is 1. The van der Waals surface area contributed by atoms with Crippen LogP contribution < -0.4 is 4.90 Å². The Balaban J connectivity index is 1.67. The van der Waals surface area contributed by atoms with Gasteiger partial charge in [0.25, 0.3) is 5.91 Å². The molecule has 1 aliphatic rings. The van der Waals surface area contributed by atoms with E-state index < -0.39 is 29.4 Å². The van der Waals surface area contributed by atoms with Gasteiger partial charge in [0.1, 0.15) is 23.5 Å². The molecule has 0 spiro atoms. The average Bonchev–Trinajstić information content (AvgIpc) is 3.49. The van der Waals surface area contributed by atoms with E-state index in [1.165, 1.54) is 28.6 Å². The molecule has 0 radical (unpaired) electrons. The number of rotatable bonds is 4. The second-order valence-electron chi connectivity index (χ2n) is 7.22. The molecule has 2 unspecified atom stereocenters. The number of aryl methyl sites for hydroxylation is 2. The highest BCUT2D eigenvalue weighted by Gasteiger charge is 2.55. The second-order valence-corrected chi connectivity index (χ2v) is 8.23. The molecule has 0 saturated carbocycles. The van der Waals surface area contributed by atoms with E-state index in [-0.39, 0.29) is 5.76 Å². The highest BCUT2D eigenvalue weighted by molar-refractivity contribution is 7.22. The van der Waals surface area contributed by atoms with Gasteiger partial charge < -0.3 is 8.83 Å². The number of carbonyl (C=O) groups excluding carboxylic acids is 3. The van der Waals surface area contributed by atoms with Crippen LogP contribution >= 0.6 is 11.3 Å². The van der Waals surface area contributed by atoms with E-state index in [2.05, 4.69) is 4.98 Å². The first-order chi connectivity index (χ1) is 14.4. The first-order valence-corrected chi connectivity index (χ1v) is 10.1. The largest absolute Gasteiger partial charge is 0.464 e. The van der Waals surface area contributed by atoms with E-state index in [1.807, 2.05) is 25.1 Å². The predicted octanol–water partition coefficient (Wildman–Crippen LogP) is 4.26. The van der Waals surface area contributed by atoms with Crippen molar-refractivity contribution in [1.29, 1.82) is 0 Å². The molecule has 30 heavy (non-hydrogen) atoms. The first kappa shape index (κ1) is 18.5. The number of hydrogen-bond acceptors (Lipinski definition) is 7. The Morgan fingerprint density at radius 2 is 1.97 bits per heavy atom. The zero-order valence-corrected chi connectivity index (χ0v) is 16.9. The van der Waals surface area contributed by atoms with Crippen LogP contribution in [0.3, 0.4) is 0 Å². The summed E-state index contributed by atoms with van der Waals surface area (Å²) in [6.45, 7) is 3.73. The van der Waals surface area contributed by atoms with Crippen LogP contribution in [-0.4, -0.2) is 22.5 Å². The molecule has 150 valence electrons. The van der Waals surface area contributed by atoms with Crippen LogP contribution in [-0.2, 0) is 9.59 Å². The summed E-state index contributed by atoms with van der Waals surface area (Å²) in [5.41, 5.74) is 1.78. The highest BCUT2D eigenvalue weighted by Crippen LogP contribution is 2.44. The number of benzene rings is 1. The quantitative estimate of drug-likeness (QED) is 0.278. The Bertz CT molecular complexity index is 1300. The molecular formula is C22H16N2O5S. The average molecular weight is 420 g/mol. The standard InChI is InChI=1S/C22H16N2O5S/c1-11-5-7-13-16(10-11)30-22(23-13)24-18(14-8-6-12(2)29-14)17(20(26)21(24)27)19(25)15-4-3-9-28-15/h3-10,17-18H,1-2H3. The van der Waals surface area contributed by atoms with Gasteiger partial charge in [-0.1, -0.05) is 17.4 Å². The van der Waals surface area contributed by atoms with E-state index >= 15 is 0 Å². The van der Waals surface area contributed by atoms with Gasteiger partial charge in [-0.2, -0.15) is 0 Å². The number of hydrogen-bond donors (Lipinski definition) is 0. The number of ketones is 2. The van der Waals surface area contributed by atoms with Gasteiger partial charge >= 0.3 is 0 Å². The van der Waals surface area contributed by atoms with E-state index in [9.17, 15) is 14.4 Å². The summed E-state index contributed by atoms with van der Waals surface area (Å²) >= 11 is 1.30. The predicted molar refractivity (Wildman–Crippen MR) is 110 cm³/mol. The maximum Gasteiger partial charge on any atom is 0.297 e. The highest BCUT2D eigenvalue weighted by atomic mass is 32.1. The summed E-state index contributed by atoms with van der Waals surface area (Å²) in [7, 11) is 0. The molecule has 5 rings (SSSR count). The lowest BCUT2D eigenvalue weighted by Crippen LogP contribution is -2.30. The van der Waals surface area contributed by atoms with Gasteiger partial charge in [0.05, 0.1) is 16.5 Å². The second kappa shape index (κ2) is 6.77. The van der Waals surface area contributed by atoms with Crippen LogP contribution in [0.15, 0.2) is 57.6 Å². The number of anilines is 1. The van der Waals surface area contributed by atoms with Crippen molar-refractivity contribution < 1.29 is 23.2 Å². The molecule has 8 heteroatoms. The molecule has 4 heterocycles. The van der Waals surface area contributed by atoms with Gasteiger partial charge in [-0.05, 0) is 55.8 Å². The van der Waals surface area contributed by atoms with Gasteiger partial charge in [-0.3, -0.25) is 19.3 Å². The van der Waals surface area contributed by atoms with E-state index in [0.717, 1.165) is 15.8 Å². The SMILES string of the molecule is Cc1ccc2nc(N3C(=O)C(=O)C(C(=O)c4ccco4)C3c3ccc(C)o3)sc2c1. The van der Waals surface area contributed by atoms with Crippen molar-refractivity contribution in [3.8, 4) is 0 Å². The Kier molecular flexibility index (Phi) is 4.18. The molecule has 1 aromatic carbocycles. The van der Waals surface area contributed by atoms with Crippen molar-refractivity contribution in [1.82, 2.24) is 4.98 Å². The summed E-state index contributed by atoms with van der Waals surface area (Å²) in [5.74, 6) is -2.43. The summed E-state index contributed by atoms with van der Waals surface area (Å²) < 4.78 is 11.9. The van der Waals surface area contributed by atoms with Gasteiger partial charge in [-0.15, -0.1) is 0 Å². The van der Waals surface area contributed by atoms with E-state index in [0.29, 0.717) is 16.7 Å². The van der Waals surface area contributed by atoms with Crippen molar-refractivity contribution in [2.24, 2.45) is 5.92 Å². The molecule has 0 bridgehead atoms. The Hall–Kier alpha value is -3.52. The normalized spacial score (nSPS) is 19.2. The topological polar surface area (TPSA) is 93.6 Å². The van der Waals surface area contributed by atoms with E-state index in [1.54, 1.807) is 25.1 Å². The molecule has 1 fully saturated rings. The fourth-order valence-electron chi connectivity index (χ4n) is 3.74. The minimum absolute atomic E-state index is 0.0243. The number of amides is 1. The van der Waals surface area contributed by atoms with Crippen LogP contribution in [0.4, 0.5) is 5.13 Å². The molecule has 2 atom stereocenters.